The summed E-state index contributed by atoms with van der Waals surface area (Å²) in [7, 11) is 0. The van der Waals surface area contributed by atoms with Crippen molar-refractivity contribution < 1.29 is 9.47 Å². The number of rotatable bonds is 7. The average Bonchev–Trinajstić information content (AvgIpc) is 3.29. The van der Waals surface area contributed by atoms with Crippen molar-refractivity contribution in [2.24, 2.45) is 5.92 Å². The highest BCUT2D eigenvalue weighted by molar-refractivity contribution is 5.65. The normalized spacial score (nSPS) is 16.7. The number of ether oxygens (including phenoxy) is 2. The monoisotopic (exact) mass is 384 g/mol. The van der Waals surface area contributed by atoms with Crippen LogP contribution in [0.1, 0.15) is 56.1 Å². The van der Waals surface area contributed by atoms with E-state index in [-0.39, 0.29) is 5.92 Å². The molecule has 3 N–H and O–H groups in total. The predicted molar refractivity (Wildman–Crippen MR) is 107 cm³/mol. The van der Waals surface area contributed by atoms with Gasteiger partial charge in [0.15, 0.2) is 0 Å². The molecule has 0 spiro atoms. The number of nitrogens with two attached hydrogens (primary N) is 1. The number of aromatic nitrogens is 4. The number of hydrogen-bond acceptors (Lipinski definition) is 6. The van der Waals surface area contributed by atoms with Gasteiger partial charge in [0, 0.05) is 13.2 Å². The summed E-state index contributed by atoms with van der Waals surface area (Å²) in [6.07, 6.45) is 6.37. The second-order valence-corrected chi connectivity index (χ2v) is 7.33. The van der Waals surface area contributed by atoms with E-state index in [9.17, 15) is 0 Å². The molecule has 3 heterocycles. The van der Waals surface area contributed by atoms with E-state index in [0.29, 0.717) is 29.8 Å². The van der Waals surface area contributed by atoms with Gasteiger partial charge in [-0.1, -0.05) is 13.0 Å². The van der Waals surface area contributed by atoms with Gasteiger partial charge in [-0.25, -0.2) is 0 Å². The van der Waals surface area contributed by atoms with Crippen LogP contribution in [0.4, 0.5) is 5.69 Å². The fourth-order valence-corrected chi connectivity index (χ4v) is 3.50. The van der Waals surface area contributed by atoms with Gasteiger partial charge in [-0.3, -0.25) is 9.78 Å². The number of nitrogens with one attached hydrogen (secondary N) is 1. The summed E-state index contributed by atoms with van der Waals surface area (Å²) in [5.74, 6) is 0.784. The van der Waals surface area contributed by atoms with Gasteiger partial charge in [-0.2, -0.15) is 10.4 Å². The first-order chi connectivity index (χ1) is 13.5. The van der Waals surface area contributed by atoms with Crippen molar-refractivity contribution in [3.8, 4) is 11.9 Å². The number of aromatic amines is 1. The zero-order valence-electron chi connectivity index (χ0n) is 16.7. The molecular weight excluding hydrogens is 356 g/mol. The zero-order chi connectivity index (χ0) is 20.1. The Labute approximate surface area is 165 Å². The number of nitrogen functional groups attached to an aromatic ring is 1. The highest BCUT2D eigenvalue weighted by atomic mass is 16.5. The van der Waals surface area contributed by atoms with Crippen LogP contribution in [-0.4, -0.2) is 39.8 Å². The van der Waals surface area contributed by atoms with E-state index in [1.54, 1.807) is 6.20 Å². The summed E-state index contributed by atoms with van der Waals surface area (Å²) >= 11 is 0. The minimum Gasteiger partial charge on any atom is -0.475 e. The molecule has 150 valence electrons. The van der Waals surface area contributed by atoms with Crippen LogP contribution < -0.4 is 10.5 Å². The highest BCUT2D eigenvalue weighted by Crippen LogP contribution is 2.30. The Hall–Kier alpha value is -2.79. The Bertz CT molecular complexity index is 870. The molecule has 0 amide bonds. The lowest BCUT2D eigenvalue weighted by Gasteiger charge is -2.23. The Morgan fingerprint density at radius 3 is 3.00 bits per heavy atom. The molecule has 1 saturated heterocycles. The van der Waals surface area contributed by atoms with Gasteiger partial charge in [0.1, 0.15) is 11.8 Å². The number of allylic oxidation sites excluding steroid dienone is 2. The number of anilines is 1. The van der Waals surface area contributed by atoms with Gasteiger partial charge in [0.2, 0.25) is 0 Å². The van der Waals surface area contributed by atoms with E-state index in [4.69, 9.17) is 20.5 Å². The van der Waals surface area contributed by atoms with Crippen molar-refractivity contribution in [1.29, 1.82) is 5.26 Å². The van der Waals surface area contributed by atoms with E-state index in [1.165, 1.54) is 0 Å². The lowest BCUT2D eigenvalue weighted by Crippen LogP contribution is -2.21. The lowest BCUT2D eigenvalue weighted by molar-refractivity contribution is 0.0652. The molecule has 8 heteroatoms. The molecule has 0 aliphatic carbocycles. The van der Waals surface area contributed by atoms with Crippen LogP contribution in [0, 0.1) is 24.2 Å². The molecule has 1 fully saturated rings. The molecule has 0 bridgehead atoms. The summed E-state index contributed by atoms with van der Waals surface area (Å²) in [5, 5.41) is 20.5. The van der Waals surface area contributed by atoms with Gasteiger partial charge >= 0.3 is 0 Å². The summed E-state index contributed by atoms with van der Waals surface area (Å²) < 4.78 is 13.3. The SMILES string of the molecule is C/C(=C/[C@H](C)CCOc1nn(C2CCOCC2)c(C)c1N)c1[nH]ncc1C#N. The van der Waals surface area contributed by atoms with E-state index in [2.05, 4.69) is 34.4 Å². The fourth-order valence-electron chi connectivity index (χ4n) is 3.50. The second kappa shape index (κ2) is 8.93. The van der Waals surface area contributed by atoms with Crippen LogP contribution in [0.3, 0.4) is 0 Å². The molecule has 0 unspecified atom stereocenters. The van der Waals surface area contributed by atoms with Crippen molar-refractivity contribution in [3.63, 3.8) is 0 Å². The first-order valence-corrected chi connectivity index (χ1v) is 9.68. The van der Waals surface area contributed by atoms with E-state index in [0.717, 1.165) is 49.4 Å². The first-order valence-electron chi connectivity index (χ1n) is 9.68. The summed E-state index contributed by atoms with van der Waals surface area (Å²) in [6.45, 7) is 8.11. The summed E-state index contributed by atoms with van der Waals surface area (Å²) in [4.78, 5) is 0. The topological polar surface area (TPSA) is 115 Å². The smallest absolute Gasteiger partial charge is 0.256 e. The van der Waals surface area contributed by atoms with Gasteiger partial charge in [0.05, 0.1) is 35.8 Å². The molecule has 2 aromatic heterocycles. The highest BCUT2D eigenvalue weighted by Gasteiger charge is 2.22. The minimum absolute atomic E-state index is 0.273. The molecule has 2 aromatic rings. The largest absolute Gasteiger partial charge is 0.475 e. The number of nitriles is 1. The maximum absolute atomic E-state index is 9.12. The zero-order valence-corrected chi connectivity index (χ0v) is 16.7. The lowest BCUT2D eigenvalue weighted by atomic mass is 10.0. The predicted octanol–water partition coefficient (Wildman–Crippen LogP) is 3.23. The minimum atomic E-state index is 0.273. The number of nitrogens with zero attached hydrogens (tertiary/aromatic N) is 4. The van der Waals surface area contributed by atoms with Gasteiger partial charge in [-0.05, 0) is 44.6 Å². The van der Waals surface area contributed by atoms with E-state index < -0.39 is 0 Å². The molecule has 1 aliphatic rings. The molecule has 1 atom stereocenters. The maximum atomic E-state index is 9.12. The van der Waals surface area contributed by atoms with Crippen LogP contribution in [0.2, 0.25) is 0 Å². The van der Waals surface area contributed by atoms with Crippen LogP contribution in [0.15, 0.2) is 12.3 Å². The van der Waals surface area contributed by atoms with Gasteiger partial charge in [0.25, 0.3) is 5.88 Å². The standard InChI is InChI=1S/C20H28N6O2/c1-13(10-14(2)19-16(11-21)12-23-24-19)4-9-28-20-18(22)15(3)26(25-20)17-5-7-27-8-6-17/h10,12-13,17H,4-9,22H2,1-3H3,(H,23,24)/b14-10-/t13-/m1/s1. The summed E-state index contributed by atoms with van der Waals surface area (Å²) in [6, 6.07) is 2.46. The first kappa shape index (κ1) is 20.0. The van der Waals surface area contributed by atoms with Crippen LogP contribution in [0.5, 0.6) is 5.88 Å². The third kappa shape index (κ3) is 4.37. The third-order valence-corrected chi connectivity index (χ3v) is 5.20. The van der Waals surface area contributed by atoms with Gasteiger partial charge < -0.3 is 15.2 Å². The maximum Gasteiger partial charge on any atom is 0.256 e. The van der Waals surface area contributed by atoms with Crippen molar-refractivity contribution in [3.05, 3.63) is 29.2 Å². The molecule has 3 rings (SSSR count). The number of H-pyrrole nitrogens is 1. The Morgan fingerprint density at radius 2 is 2.29 bits per heavy atom. The summed E-state index contributed by atoms with van der Waals surface area (Å²) in [5.41, 5.74) is 10.1. The molecule has 8 nitrogen and oxygen atoms in total. The Balaban J connectivity index is 1.57. The molecule has 0 saturated carbocycles. The van der Waals surface area contributed by atoms with Crippen molar-refractivity contribution >= 4 is 11.3 Å². The second-order valence-electron chi connectivity index (χ2n) is 7.33. The molecule has 1 aliphatic heterocycles. The van der Waals surface area contributed by atoms with Crippen LogP contribution in [-0.2, 0) is 4.74 Å². The van der Waals surface area contributed by atoms with Crippen LogP contribution in [0.25, 0.3) is 5.57 Å². The molecule has 28 heavy (non-hydrogen) atoms. The van der Waals surface area contributed by atoms with E-state index in [1.807, 2.05) is 18.5 Å². The van der Waals surface area contributed by atoms with Crippen molar-refractivity contribution in [2.45, 2.75) is 46.1 Å². The quantitative estimate of drug-likeness (QED) is 0.757. The van der Waals surface area contributed by atoms with E-state index >= 15 is 0 Å². The molecular formula is C20H28N6O2. The van der Waals surface area contributed by atoms with Gasteiger partial charge in [-0.15, -0.1) is 5.10 Å². The molecule has 0 aromatic carbocycles. The molecule has 0 radical (unpaired) electrons. The average molecular weight is 384 g/mol. The van der Waals surface area contributed by atoms with Crippen molar-refractivity contribution in [1.82, 2.24) is 20.0 Å². The van der Waals surface area contributed by atoms with Crippen molar-refractivity contribution in [2.75, 3.05) is 25.6 Å². The Kier molecular flexibility index (Phi) is 6.37. The Morgan fingerprint density at radius 1 is 1.54 bits per heavy atom. The van der Waals surface area contributed by atoms with Crippen LogP contribution >= 0.6 is 0 Å². The number of hydrogen-bond donors (Lipinski definition) is 2. The third-order valence-electron chi connectivity index (χ3n) is 5.20. The fraction of sp³-hybridized carbons (Fsp3) is 0.550.